The third-order valence-corrected chi connectivity index (χ3v) is 5.90. The third kappa shape index (κ3) is 5.52. The number of hydrogen-bond acceptors (Lipinski definition) is 7. The minimum Gasteiger partial charge on any atom is -0.480 e. The number of nitrogens with zero attached hydrogens (tertiary/aromatic N) is 2. The second-order valence-electron chi connectivity index (χ2n) is 6.81. The van der Waals surface area contributed by atoms with Crippen molar-refractivity contribution in [3.63, 3.8) is 0 Å². The van der Waals surface area contributed by atoms with Crippen LogP contribution < -0.4 is 19.5 Å². The fourth-order valence-electron chi connectivity index (χ4n) is 2.84. The van der Waals surface area contributed by atoms with Gasteiger partial charge in [-0.25, -0.2) is 18.4 Å². The normalized spacial score (nSPS) is 12.0. The Hall–Kier alpha value is -3.66. The van der Waals surface area contributed by atoms with E-state index in [0.717, 1.165) is 5.56 Å². The van der Waals surface area contributed by atoms with Gasteiger partial charge >= 0.3 is 0 Å². The number of aryl methyl sites for hydroxylation is 1. The number of rotatable bonds is 9. The van der Waals surface area contributed by atoms with Gasteiger partial charge in [-0.1, -0.05) is 25.1 Å². The number of anilines is 2. The van der Waals surface area contributed by atoms with Crippen molar-refractivity contribution in [3.8, 4) is 11.6 Å². The highest BCUT2D eigenvalue weighted by molar-refractivity contribution is 7.92. The largest absolute Gasteiger partial charge is 0.480 e. The summed E-state index contributed by atoms with van der Waals surface area (Å²) < 4.78 is 38.5. The molecule has 0 fully saturated rings. The smallest absolute Gasteiger partial charge is 0.265 e. The van der Waals surface area contributed by atoms with Crippen LogP contribution in [0, 0.1) is 6.92 Å². The average Bonchev–Trinajstić information content (AvgIpc) is 2.79. The highest BCUT2D eigenvalue weighted by Gasteiger charge is 2.21. The van der Waals surface area contributed by atoms with Crippen LogP contribution in [0.3, 0.4) is 0 Å². The molecule has 0 aliphatic heterocycles. The zero-order valence-corrected chi connectivity index (χ0v) is 18.7. The number of carbonyl (C=O) groups is 1. The van der Waals surface area contributed by atoms with E-state index in [-0.39, 0.29) is 22.5 Å². The Kier molecular flexibility index (Phi) is 7.26. The zero-order valence-electron chi connectivity index (χ0n) is 17.9. The van der Waals surface area contributed by atoms with Crippen molar-refractivity contribution >= 4 is 27.4 Å². The summed E-state index contributed by atoms with van der Waals surface area (Å²) >= 11 is 0. The van der Waals surface area contributed by atoms with Crippen LogP contribution in [0.4, 0.5) is 11.5 Å². The van der Waals surface area contributed by atoms with E-state index in [1.807, 2.05) is 38.1 Å². The van der Waals surface area contributed by atoms with Crippen LogP contribution in [0.2, 0.25) is 0 Å². The number of methoxy groups -OCH3 is 1. The first-order chi connectivity index (χ1) is 15.3. The van der Waals surface area contributed by atoms with Crippen molar-refractivity contribution in [2.45, 2.75) is 31.3 Å². The summed E-state index contributed by atoms with van der Waals surface area (Å²) in [5.74, 6) is 0.348. The topological polar surface area (TPSA) is 120 Å². The standard InChI is InChI=1S/C22H24N4O5S/c1-4-18(31-19-8-6-5-7-15(19)2)21(27)25-16-9-11-17(12-10-16)32(28,29)26-20-22(30-3)24-14-13-23-20/h5-14,18H,4H2,1-3H3,(H,23,26)(H,25,27). The quantitative estimate of drug-likeness (QED) is 0.506. The molecule has 1 atom stereocenters. The third-order valence-electron chi connectivity index (χ3n) is 4.55. The molecule has 9 nitrogen and oxygen atoms in total. The number of sulfonamides is 1. The summed E-state index contributed by atoms with van der Waals surface area (Å²) in [6.45, 7) is 3.76. The van der Waals surface area contributed by atoms with Crippen LogP contribution in [0.25, 0.3) is 0 Å². The number of hydrogen-bond donors (Lipinski definition) is 2. The van der Waals surface area contributed by atoms with Gasteiger partial charge in [-0.15, -0.1) is 0 Å². The number of aromatic nitrogens is 2. The molecule has 1 heterocycles. The minimum absolute atomic E-state index is 0.00796. The number of para-hydroxylation sites is 1. The maximum absolute atomic E-state index is 12.7. The van der Waals surface area contributed by atoms with Gasteiger partial charge in [-0.2, -0.15) is 0 Å². The maximum Gasteiger partial charge on any atom is 0.265 e. The lowest BCUT2D eigenvalue weighted by Gasteiger charge is -2.18. The molecule has 1 unspecified atom stereocenters. The molecule has 10 heteroatoms. The Morgan fingerprint density at radius 3 is 2.41 bits per heavy atom. The van der Waals surface area contributed by atoms with Gasteiger partial charge in [0.25, 0.3) is 21.8 Å². The summed E-state index contributed by atoms with van der Waals surface area (Å²) in [5.41, 5.74) is 1.37. The second kappa shape index (κ2) is 10.1. The molecule has 1 amide bonds. The first-order valence-electron chi connectivity index (χ1n) is 9.85. The number of benzene rings is 2. The Labute approximate surface area is 186 Å². The lowest BCUT2D eigenvalue weighted by atomic mass is 10.2. The van der Waals surface area contributed by atoms with Crippen molar-refractivity contribution in [1.82, 2.24) is 9.97 Å². The first-order valence-corrected chi connectivity index (χ1v) is 11.3. The van der Waals surface area contributed by atoms with Gasteiger partial charge < -0.3 is 14.8 Å². The van der Waals surface area contributed by atoms with E-state index < -0.39 is 16.1 Å². The Bertz CT molecular complexity index is 1180. The number of carbonyl (C=O) groups excluding carboxylic acids is 1. The average molecular weight is 457 g/mol. The molecule has 1 aromatic heterocycles. The Morgan fingerprint density at radius 2 is 1.75 bits per heavy atom. The Balaban J connectivity index is 1.69. The van der Waals surface area contributed by atoms with Gasteiger partial charge in [0.15, 0.2) is 6.10 Å². The van der Waals surface area contributed by atoms with Crippen LogP contribution in [-0.2, 0) is 14.8 Å². The van der Waals surface area contributed by atoms with E-state index in [4.69, 9.17) is 9.47 Å². The highest BCUT2D eigenvalue weighted by Crippen LogP contribution is 2.23. The lowest BCUT2D eigenvalue weighted by molar-refractivity contribution is -0.122. The van der Waals surface area contributed by atoms with Crippen LogP contribution in [-0.4, -0.2) is 37.5 Å². The fraction of sp³-hybridized carbons (Fsp3) is 0.227. The summed E-state index contributed by atoms with van der Waals surface area (Å²) in [6, 6.07) is 13.2. The van der Waals surface area contributed by atoms with Gasteiger partial charge in [-0.3, -0.25) is 9.52 Å². The predicted molar refractivity (Wildman–Crippen MR) is 120 cm³/mol. The summed E-state index contributed by atoms with van der Waals surface area (Å²) in [7, 11) is -2.56. The molecule has 168 valence electrons. The molecule has 0 radical (unpaired) electrons. The fourth-order valence-corrected chi connectivity index (χ4v) is 3.84. The summed E-state index contributed by atoms with van der Waals surface area (Å²) in [4.78, 5) is 20.5. The van der Waals surface area contributed by atoms with Crippen molar-refractivity contribution in [3.05, 3.63) is 66.5 Å². The van der Waals surface area contributed by atoms with E-state index in [1.54, 1.807) is 0 Å². The molecule has 0 aliphatic carbocycles. The first kappa shape index (κ1) is 23.0. The number of ether oxygens (including phenoxy) is 2. The second-order valence-corrected chi connectivity index (χ2v) is 8.50. The summed E-state index contributed by atoms with van der Waals surface area (Å²) in [6.07, 6.45) is 2.52. The molecule has 0 aliphatic rings. The monoisotopic (exact) mass is 456 g/mol. The van der Waals surface area contributed by atoms with E-state index in [9.17, 15) is 13.2 Å². The van der Waals surface area contributed by atoms with Crippen LogP contribution in [0.5, 0.6) is 11.6 Å². The molecule has 2 aromatic carbocycles. The molecule has 3 rings (SSSR count). The maximum atomic E-state index is 12.7. The number of amides is 1. The molecule has 32 heavy (non-hydrogen) atoms. The van der Waals surface area contributed by atoms with Gasteiger partial charge in [-0.05, 0) is 49.2 Å². The molecule has 0 saturated heterocycles. The van der Waals surface area contributed by atoms with E-state index in [1.165, 1.54) is 43.8 Å². The van der Waals surface area contributed by atoms with E-state index >= 15 is 0 Å². The molecule has 0 bridgehead atoms. The molecule has 2 N–H and O–H groups in total. The minimum atomic E-state index is -3.93. The molecular formula is C22H24N4O5S. The van der Waals surface area contributed by atoms with Crippen LogP contribution in [0.15, 0.2) is 65.8 Å². The van der Waals surface area contributed by atoms with Gasteiger partial charge in [0, 0.05) is 18.1 Å². The summed E-state index contributed by atoms with van der Waals surface area (Å²) in [5, 5.41) is 2.76. The molecule has 3 aromatic rings. The molecular weight excluding hydrogens is 432 g/mol. The predicted octanol–water partition coefficient (Wildman–Crippen LogP) is 3.39. The van der Waals surface area contributed by atoms with E-state index in [2.05, 4.69) is 20.0 Å². The van der Waals surface area contributed by atoms with Gasteiger partial charge in [0.1, 0.15) is 5.75 Å². The van der Waals surface area contributed by atoms with Crippen molar-refractivity contribution in [2.24, 2.45) is 0 Å². The Morgan fingerprint density at radius 1 is 1.06 bits per heavy atom. The van der Waals surface area contributed by atoms with Gasteiger partial charge in [0.05, 0.1) is 12.0 Å². The highest BCUT2D eigenvalue weighted by atomic mass is 32.2. The molecule has 0 saturated carbocycles. The number of nitrogens with one attached hydrogen (secondary N) is 2. The lowest BCUT2D eigenvalue weighted by Crippen LogP contribution is -2.32. The van der Waals surface area contributed by atoms with E-state index in [0.29, 0.717) is 17.9 Å². The van der Waals surface area contributed by atoms with Crippen molar-refractivity contribution < 1.29 is 22.7 Å². The zero-order chi connectivity index (χ0) is 23.1. The SMILES string of the molecule is CCC(Oc1ccccc1C)C(=O)Nc1ccc(S(=O)(=O)Nc2nccnc2OC)cc1. The van der Waals surface area contributed by atoms with Crippen LogP contribution >= 0.6 is 0 Å². The molecule has 0 spiro atoms. The van der Waals surface area contributed by atoms with Gasteiger partial charge in [0.2, 0.25) is 5.82 Å². The van der Waals surface area contributed by atoms with Crippen molar-refractivity contribution in [1.29, 1.82) is 0 Å². The van der Waals surface area contributed by atoms with Crippen LogP contribution in [0.1, 0.15) is 18.9 Å². The van der Waals surface area contributed by atoms with Crippen molar-refractivity contribution in [2.75, 3.05) is 17.1 Å².